The summed E-state index contributed by atoms with van der Waals surface area (Å²) in [6.07, 6.45) is 1.87. The number of benzene rings is 1. The fourth-order valence-corrected chi connectivity index (χ4v) is 2.72. The maximum absolute atomic E-state index is 13.0. The maximum atomic E-state index is 13.0. The minimum Gasteiger partial charge on any atom is -0.465 e. The zero-order chi connectivity index (χ0) is 16.4. The summed E-state index contributed by atoms with van der Waals surface area (Å²) in [5, 5.41) is 7.43. The molecule has 0 unspecified atom stereocenters. The highest BCUT2D eigenvalue weighted by Crippen LogP contribution is 2.23. The molecule has 120 valence electrons. The highest BCUT2D eigenvalue weighted by Gasteiger charge is 2.15. The monoisotopic (exact) mass is 335 g/mol. The molecule has 0 aliphatic carbocycles. The van der Waals surface area contributed by atoms with Crippen LogP contribution in [0.1, 0.15) is 18.1 Å². The van der Waals surface area contributed by atoms with Crippen molar-refractivity contribution in [3.05, 3.63) is 51.1 Å². The largest absolute Gasteiger partial charge is 0.465 e. The van der Waals surface area contributed by atoms with Crippen LogP contribution in [0.15, 0.2) is 29.2 Å². The molecule has 3 rings (SSSR count). The maximum Gasteiger partial charge on any atom is 0.368 e. The number of ether oxygens (including phenoxy) is 1. The van der Waals surface area contributed by atoms with Gasteiger partial charge in [-0.2, -0.15) is 13.8 Å². The fraction of sp³-hybridized carbons (Fsp3) is 0.286. The smallest absolute Gasteiger partial charge is 0.368 e. The number of rotatable bonds is 5. The molecule has 1 aromatic carbocycles. The van der Waals surface area contributed by atoms with Crippen LogP contribution in [-0.4, -0.2) is 24.8 Å². The Morgan fingerprint density at radius 1 is 1.35 bits per heavy atom. The third-order valence-corrected chi connectivity index (χ3v) is 4.07. The predicted molar refractivity (Wildman–Crippen MR) is 82.4 cm³/mol. The second-order valence-electron chi connectivity index (χ2n) is 4.78. The molecule has 0 atom stereocenters. The molecule has 9 heteroatoms. The zero-order valence-electron chi connectivity index (χ0n) is 12.6. The first-order chi connectivity index (χ1) is 11.1. The van der Waals surface area contributed by atoms with Crippen molar-refractivity contribution in [1.29, 1.82) is 0 Å². The van der Waals surface area contributed by atoms with E-state index >= 15 is 0 Å². The van der Waals surface area contributed by atoms with Crippen LogP contribution in [0.5, 0.6) is 5.19 Å². The van der Waals surface area contributed by atoms with Gasteiger partial charge >= 0.3 is 5.69 Å². The third-order valence-electron chi connectivity index (χ3n) is 3.38. The van der Waals surface area contributed by atoms with Crippen LogP contribution in [0.3, 0.4) is 0 Å². The minimum atomic E-state index is -0.408. The van der Waals surface area contributed by atoms with Gasteiger partial charge in [-0.1, -0.05) is 19.1 Å². The lowest BCUT2D eigenvalue weighted by Gasteiger charge is -2.12. The predicted octanol–water partition coefficient (Wildman–Crippen LogP) is 1.70. The van der Waals surface area contributed by atoms with Crippen LogP contribution in [0.4, 0.5) is 4.39 Å². The van der Waals surface area contributed by atoms with Gasteiger partial charge < -0.3 is 4.74 Å². The highest BCUT2D eigenvalue weighted by molar-refractivity contribution is 7.11. The van der Waals surface area contributed by atoms with E-state index in [-0.39, 0.29) is 17.5 Å². The Balaban J connectivity index is 2.00. The average molecular weight is 335 g/mol. The summed E-state index contributed by atoms with van der Waals surface area (Å²) in [6.45, 7) is 2.17. The molecule has 0 aliphatic rings. The molecule has 2 heterocycles. The van der Waals surface area contributed by atoms with E-state index in [1.54, 1.807) is 6.07 Å². The molecule has 0 bridgehead atoms. The van der Waals surface area contributed by atoms with Crippen LogP contribution in [0.2, 0.25) is 0 Å². The molecular formula is C14H14FN5O2S. The topological polar surface area (TPSA) is 74.8 Å². The molecule has 0 saturated carbocycles. The third kappa shape index (κ3) is 3.00. The van der Waals surface area contributed by atoms with Crippen molar-refractivity contribution >= 4 is 11.3 Å². The standard InChI is InChI=1S/C14H14FN5O2S/c1-3-9-5-4-6-11(20-14(21)19(2)17-18-20)10(9)8-22-13-16-7-12(15)23-13/h4-7H,3,8H2,1-2H3. The van der Waals surface area contributed by atoms with Gasteiger partial charge in [0.05, 0.1) is 11.9 Å². The van der Waals surface area contributed by atoms with E-state index in [1.165, 1.54) is 11.7 Å². The molecule has 0 saturated heterocycles. The lowest BCUT2D eigenvalue weighted by Crippen LogP contribution is -2.23. The quantitative estimate of drug-likeness (QED) is 0.709. The summed E-state index contributed by atoms with van der Waals surface area (Å²) in [5.41, 5.74) is 2.06. The summed E-state index contributed by atoms with van der Waals surface area (Å²) < 4.78 is 20.9. The Labute approximate surface area is 134 Å². The van der Waals surface area contributed by atoms with Crippen LogP contribution in [0, 0.1) is 5.13 Å². The Bertz CT molecular complexity index is 885. The van der Waals surface area contributed by atoms with Crippen molar-refractivity contribution in [3.8, 4) is 10.9 Å². The lowest BCUT2D eigenvalue weighted by molar-refractivity contribution is 0.302. The number of aromatic nitrogens is 5. The van der Waals surface area contributed by atoms with Crippen LogP contribution < -0.4 is 10.4 Å². The molecular weight excluding hydrogens is 321 g/mol. The fourth-order valence-electron chi connectivity index (χ4n) is 2.22. The average Bonchev–Trinajstić information content (AvgIpc) is 3.11. The van der Waals surface area contributed by atoms with Crippen LogP contribution in [0.25, 0.3) is 5.69 Å². The van der Waals surface area contributed by atoms with E-state index in [0.29, 0.717) is 5.69 Å². The number of thiazole rings is 1. The Hall–Kier alpha value is -2.55. The van der Waals surface area contributed by atoms with E-state index in [2.05, 4.69) is 15.4 Å². The molecule has 7 nitrogen and oxygen atoms in total. The van der Waals surface area contributed by atoms with E-state index in [9.17, 15) is 9.18 Å². The summed E-state index contributed by atoms with van der Waals surface area (Å²) in [5.74, 6) is 0. The SMILES string of the molecule is CCc1cccc(-n2nnn(C)c2=O)c1COc1ncc(F)s1. The molecule has 0 aliphatic heterocycles. The molecule has 3 aromatic rings. The number of aryl methyl sites for hydroxylation is 2. The van der Waals surface area contributed by atoms with Gasteiger partial charge in [-0.15, -0.1) is 0 Å². The molecule has 0 N–H and O–H groups in total. The summed E-state index contributed by atoms with van der Waals surface area (Å²) in [4.78, 5) is 15.9. The van der Waals surface area contributed by atoms with Crippen LogP contribution in [-0.2, 0) is 20.1 Å². The van der Waals surface area contributed by atoms with Crippen molar-refractivity contribution < 1.29 is 9.13 Å². The van der Waals surface area contributed by atoms with Crippen molar-refractivity contribution in [2.75, 3.05) is 0 Å². The number of halogens is 1. The van der Waals surface area contributed by atoms with E-state index in [1.807, 2.05) is 19.1 Å². The molecule has 23 heavy (non-hydrogen) atoms. The van der Waals surface area contributed by atoms with Gasteiger partial charge in [0, 0.05) is 12.6 Å². The summed E-state index contributed by atoms with van der Waals surface area (Å²) in [6, 6.07) is 5.57. The van der Waals surface area contributed by atoms with Gasteiger partial charge in [-0.25, -0.2) is 9.78 Å². The number of tetrazole rings is 1. The Morgan fingerprint density at radius 2 is 2.17 bits per heavy atom. The number of nitrogens with zero attached hydrogens (tertiary/aromatic N) is 5. The van der Waals surface area contributed by atoms with Crippen molar-refractivity contribution in [1.82, 2.24) is 24.8 Å². The highest BCUT2D eigenvalue weighted by atomic mass is 32.1. The van der Waals surface area contributed by atoms with Crippen molar-refractivity contribution in [2.45, 2.75) is 20.0 Å². The molecule has 0 spiro atoms. The number of hydrogen-bond acceptors (Lipinski definition) is 6. The summed E-state index contributed by atoms with van der Waals surface area (Å²) >= 11 is 0.829. The summed E-state index contributed by atoms with van der Waals surface area (Å²) in [7, 11) is 1.53. The van der Waals surface area contributed by atoms with Gasteiger partial charge in [-0.3, -0.25) is 0 Å². The molecule has 0 amide bonds. The first kappa shape index (κ1) is 15.3. The Kier molecular flexibility index (Phi) is 4.20. The van der Waals surface area contributed by atoms with Crippen LogP contribution >= 0.6 is 11.3 Å². The Morgan fingerprint density at radius 3 is 2.78 bits per heavy atom. The van der Waals surface area contributed by atoms with Gasteiger partial charge in [0.15, 0.2) is 5.13 Å². The lowest BCUT2D eigenvalue weighted by atomic mass is 10.0. The van der Waals surface area contributed by atoms with Crippen molar-refractivity contribution in [3.63, 3.8) is 0 Å². The normalized spacial score (nSPS) is 10.9. The molecule has 0 fully saturated rings. The zero-order valence-corrected chi connectivity index (χ0v) is 13.4. The minimum absolute atomic E-state index is 0.162. The number of hydrogen-bond donors (Lipinski definition) is 0. The van der Waals surface area contributed by atoms with E-state index in [4.69, 9.17) is 4.74 Å². The second kappa shape index (κ2) is 6.29. The van der Waals surface area contributed by atoms with Gasteiger partial charge in [0.1, 0.15) is 6.61 Å². The van der Waals surface area contributed by atoms with E-state index < -0.39 is 5.13 Å². The van der Waals surface area contributed by atoms with Crippen molar-refractivity contribution in [2.24, 2.45) is 7.05 Å². The first-order valence-corrected chi connectivity index (χ1v) is 7.76. The van der Waals surface area contributed by atoms with Gasteiger partial charge in [0.25, 0.3) is 5.19 Å². The van der Waals surface area contributed by atoms with E-state index in [0.717, 1.165) is 39.8 Å². The first-order valence-electron chi connectivity index (χ1n) is 6.94. The second-order valence-corrected chi connectivity index (χ2v) is 5.73. The molecule has 2 aromatic heterocycles. The molecule has 0 radical (unpaired) electrons. The van der Waals surface area contributed by atoms with Gasteiger partial charge in [-0.05, 0) is 39.8 Å². The van der Waals surface area contributed by atoms with Gasteiger partial charge in [0.2, 0.25) is 0 Å².